The highest BCUT2D eigenvalue weighted by Gasteiger charge is 2.10. The number of hydrogen-bond donors (Lipinski definition) is 1. The average Bonchev–Trinajstić information content (AvgIpc) is 2.50. The standard InChI is InChI=1S/C16H11F3N2/c17-13-7-11(8-14(18)16(13)19)21-9-10-5-6-20-15-4-2-1-3-12(10)15/h1-8,21H,9H2. The molecule has 21 heavy (non-hydrogen) atoms. The number of anilines is 1. The minimum atomic E-state index is -1.46. The van der Waals surface area contributed by atoms with Crippen LogP contribution in [0.3, 0.4) is 0 Å². The summed E-state index contributed by atoms with van der Waals surface area (Å²) < 4.78 is 39.2. The Bertz CT molecular complexity index is 774. The van der Waals surface area contributed by atoms with Gasteiger partial charge in [-0.25, -0.2) is 13.2 Å². The molecule has 0 aliphatic heterocycles. The molecule has 0 bridgehead atoms. The maximum atomic E-state index is 13.2. The monoisotopic (exact) mass is 288 g/mol. The normalized spacial score (nSPS) is 10.8. The number of halogens is 3. The van der Waals surface area contributed by atoms with Crippen LogP contribution < -0.4 is 5.32 Å². The number of hydrogen-bond acceptors (Lipinski definition) is 2. The van der Waals surface area contributed by atoms with Gasteiger partial charge in [0.15, 0.2) is 17.5 Å². The number of nitrogens with zero attached hydrogens (tertiary/aromatic N) is 1. The van der Waals surface area contributed by atoms with Crippen molar-refractivity contribution in [3.05, 3.63) is 71.7 Å². The summed E-state index contributed by atoms with van der Waals surface area (Å²) in [4.78, 5) is 4.24. The van der Waals surface area contributed by atoms with Crippen LogP contribution in [0.2, 0.25) is 0 Å². The summed E-state index contributed by atoms with van der Waals surface area (Å²) in [5.41, 5.74) is 1.96. The van der Waals surface area contributed by atoms with Gasteiger partial charge in [0.1, 0.15) is 0 Å². The Labute approximate surface area is 119 Å². The van der Waals surface area contributed by atoms with Gasteiger partial charge in [0.05, 0.1) is 5.52 Å². The summed E-state index contributed by atoms with van der Waals surface area (Å²) in [7, 11) is 0. The Hall–Kier alpha value is -2.56. The minimum Gasteiger partial charge on any atom is -0.381 e. The Balaban J connectivity index is 1.87. The lowest BCUT2D eigenvalue weighted by atomic mass is 10.1. The van der Waals surface area contributed by atoms with E-state index in [9.17, 15) is 13.2 Å². The van der Waals surface area contributed by atoms with E-state index in [2.05, 4.69) is 10.3 Å². The Morgan fingerprint density at radius 3 is 2.43 bits per heavy atom. The van der Waals surface area contributed by atoms with Gasteiger partial charge in [-0.05, 0) is 17.7 Å². The first-order valence-corrected chi connectivity index (χ1v) is 6.36. The van der Waals surface area contributed by atoms with E-state index in [1.54, 1.807) is 6.20 Å². The van der Waals surface area contributed by atoms with Crippen LogP contribution in [0.1, 0.15) is 5.56 Å². The maximum absolute atomic E-state index is 13.2. The fourth-order valence-electron chi connectivity index (χ4n) is 2.16. The van der Waals surface area contributed by atoms with E-state index in [0.29, 0.717) is 6.54 Å². The van der Waals surface area contributed by atoms with Crippen LogP contribution in [0.5, 0.6) is 0 Å². The molecule has 0 saturated heterocycles. The molecule has 1 aromatic heterocycles. The zero-order valence-corrected chi connectivity index (χ0v) is 10.9. The summed E-state index contributed by atoms with van der Waals surface area (Å²) >= 11 is 0. The van der Waals surface area contributed by atoms with E-state index >= 15 is 0 Å². The zero-order chi connectivity index (χ0) is 14.8. The summed E-state index contributed by atoms with van der Waals surface area (Å²) in [6.45, 7) is 0.355. The average molecular weight is 288 g/mol. The van der Waals surface area contributed by atoms with Gasteiger partial charge in [-0.1, -0.05) is 18.2 Å². The fraction of sp³-hybridized carbons (Fsp3) is 0.0625. The molecule has 1 N–H and O–H groups in total. The SMILES string of the molecule is Fc1cc(NCc2ccnc3ccccc23)cc(F)c1F. The molecule has 0 saturated carbocycles. The van der Waals surface area contributed by atoms with E-state index < -0.39 is 17.5 Å². The van der Waals surface area contributed by atoms with Crippen LogP contribution in [0.4, 0.5) is 18.9 Å². The molecule has 3 aromatic rings. The Morgan fingerprint density at radius 2 is 1.67 bits per heavy atom. The number of para-hydroxylation sites is 1. The van der Waals surface area contributed by atoms with Crippen molar-refractivity contribution < 1.29 is 13.2 Å². The molecule has 1 heterocycles. The predicted molar refractivity (Wildman–Crippen MR) is 75.4 cm³/mol. The first-order valence-electron chi connectivity index (χ1n) is 6.36. The van der Waals surface area contributed by atoms with Crippen LogP contribution >= 0.6 is 0 Å². The highest BCUT2D eigenvalue weighted by molar-refractivity contribution is 5.82. The van der Waals surface area contributed by atoms with E-state index in [0.717, 1.165) is 28.6 Å². The summed E-state index contributed by atoms with van der Waals surface area (Å²) in [5, 5.41) is 3.84. The molecule has 2 nitrogen and oxygen atoms in total. The summed E-state index contributed by atoms with van der Waals surface area (Å²) in [6.07, 6.45) is 1.67. The van der Waals surface area contributed by atoms with Gasteiger partial charge in [-0.15, -0.1) is 0 Å². The third-order valence-corrected chi connectivity index (χ3v) is 3.21. The topological polar surface area (TPSA) is 24.9 Å². The quantitative estimate of drug-likeness (QED) is 0.728. The smallest absolute Gasteiger partial charge is 0.194 e. The number of nitrogens with one attached hydrogen (secondary N) is 1. The van der Waals surface area contributed by atoms with Crippen LogP contribution in [0, 0.1) is 17.5 Å². The van der Waals surface area contributed by atoms with Crippen molar-refractivity contribution in [1.82, 2.24) is 4.98 Å². The van der Waals surface area contributed by atoms with Gasteiger partial charge in [0.2, 0.25) is 0 Å². The van der Waals surface area contributed by atoms with Crippen LogP contribution in [0.25, 0.3) is 10.9 Å². The van der Waals surface area contributed by atoms with Crippen molar-refractivity contribution in [2.24, 2.45) is 0 Å². The second-order valence-corrected chi connectivity index (χ2v) is 4.59. The second kappa shape index (κ2) is 5.44. The highest BCUT2D eigenvalue weighted by atomic mass is 19.2. The van der Waals surface area contributed by atoms with Crippen molar-refractivity contribution in [3.8, 4) is 0 Å². The van der Waals surface area contributed by atoms with Gasteiger partial charge in [0.25, 0.3) is 0 Å². The van der Waals surface area contributed by atoms with Gasteiger partial charge in [0, 0.05) is 35.9 Å². The largest absolute Gasteiger partial charge is 0.381 e. The molecule has 0 unspecified atom stereocenters. The molecule has 0 aliphatic carbocycles. The zero-order valence-electron chi connectivity index (χ0n) is 10.9. The molecule has 0 fully saturated rings. The molecular weight excluding hydrogens is 277 g/mol. The third-order valence-electron chi connectivity index (χ3n) is 3.21. The molecule has 0 atom stereocenters. The van der Waals surface area contributed by atoms with E-state index in [4.69, 9.17) is 0 Å². The predicted octanol–water partition coefficient (Wildman–Crippen LogP) is 4.26. The third kappa shape index (κ3) is 2.67. The number of aromatic nitrogens is 1. The van der Waals surface area contributed by atoms with Gasteiger partial charge < -0.3 is 5.32 Å². The number of fused-ring (bicyclic) bond motifs is 1. The van der Waals surface area contributed by atoms with E-state index in [1.807, 2.05) is 30.3 Å². The minimum absolute atomic E-state index is 0.187. The lowest BCUT2D eigenvalue weighted by molar-refractivity contribution is 0.447. The second-order valence-electron chi connectivity index (χ2n) is 4.59. The summed E-state index contributed by atoms with van der Waals surface area (Å²) in [5.74, 6) is -3.89. The first-order chi connectivity index (χ1) is 10.1. The molecular formula is C16H11F3N2. The van der Waals surface area contributed by atoms with E-state index in [1.165, 1.54) is 0 Å². The van der Waals surface area contributed by atoms with Gasteiger partial charge in [-0.3, -0.25) is 4.98 Å². The lowest BCUT2D eigenvalue weighted by Crippen LogP contribution is -2.02. The van der Waals surface area contributed by atoms with Gasteiger partial charge >= 0.3 is 0 Å². The lowest BCUT2D eigenvalue weighted by Gasteiger charge is -2.09. The van der Waals surface area contributed by atoms with Crippen molar-refractivity contribution in [3.63, 3.8) is 0 Å². The molecule has 0 amide bonds. The highest BCUT2D eigenvalue weighted by Crippen LogP contribution is 2.20. The van der Waals surface area contributed by atoms with Crippen LogP contribution in [-0.2, 0) is 6.54 Å². The molecule has 5 heteroatoms. The molecule has 3 rings (SSSR count). The summed E-state index contributed by atoms with van der Waals surface area (Å²) in [6, 6.07) is 11.3. The fourth-order valence-corrected chi connectivity index (χ4v) is 2.16. The van der Waals surface area contributed by atoms with Crippen molar-refractivity contribution in [2.75, 3.05) is 5.32 Å². The van der Waals surface area contributed by atoms with E-state index in [-0.39, 0.29) is 5.69 Å². The number of benzene rings is 2. The molecule has 0 aliphatic rings. The molecule has 106 valence electrons. The van der Waals surface area contributed by atoms with Crippen LogP contribution in [0.15, 0.2) is 48.7 Å². The molecule has 0 spiro atoms. The maximum Gasteiger partial charge on any atom is 0.194 e. The van der Waals surface area contributed by atoms with Crippen molar-refractivity contribution >= 4 is 16.6 Å². The van der Waals surface area contributed by atoms with Crippen LogP contribution in [-0.4, -0.2) is 4.98 Å². The Morgan fingerprint density at radius 1 is 0.952 bits per heavy atom. The first kappa shape index (κ1) is 13.4. The van der Waals surface area contributed by atoms with Gasteiger partial charge in [-0.2, -0.15) is 0 Å². The molecule has 2 aromatic carbocycles. The Kier molecular flexibility index (Phi) is 3.48. The molecule has 0 radical (unpaired) electrons. The number of rotatable bonds is 3. The van der Waals surface area contributed by atoms with Crippen molar-refractivity contribution in [2.45, 2.75) is 6.54 Å². The van der Waals surface area contributed by atoms with Crippen molar-refractivity contribution in [1.29, 1.82) is 0 Å². The number of pyridine rings is 1.